The molecular formula is C39H39NO5. The SMILES string of the molecule is Cc1nc(OCc2ccccc2)ccc1[C@@H]1O[C@H](COCc2ccccc2)[C@H](OCc2ccccc2)[C@@H]1OCc1ccccc1. The van der Waals surface area contributed by atoms with Crippen molar-refractivity contribution in [2.45, 2.75) is 57.8 Å². The van der Waals surface area contributed by atoms with E-state index in [0.29, 0.717) is 38.9 Å². The van der Waals surface area contributed by atoms with Gasteiger partial charge in [-0.25, -0.2) is 4.98 Å². The number of hydrogen-bond acceptors (Lipinski definition) is 6. The molecule has 5 aromatic rings. The summed E-state index contributed by atoms with van der Waals surface area (Å²) in [5, 5.41) is 0. The van der Waals surface area contributed by atoms with Gasteiger partial charge in [0.15, 0.2) is 0 Å². The molecule has 1 saturated heterocycles. The summed E-state index contributed by atoms with van der Waals surface area (Å²) >= 11 is 0. The Balaban J connectivity index is 1.24. The van der Waals surface area contributed by atoms with Crippen LogP contribution < -0.4 is 4.74 Å². The zero-order chi connectivity index (χ0) is 30.7. The van der Waals surface area contributed by atoms with Crippen molar-refractivity contribution in [3.8, 4) is 5.88 Å². The van der Waals surface area contributed by atoms with Crippen LogP contribution in [0, 0.1) is 6.92 Å². The second-order valence-corrected chi connectivity index (χ2v) is 11.2. The lowest BCUT2D eigenvalue weighted by molar-refractivity contribution is -0.0898. The van der Waals surface area contributed by atoms with Gasteiger partial charge in [-0.05, 0) is 35.2 Å². The Kier molecular flexibility index (Phi) is 10.6. The third-order valence-electron chi connectivity index (χ3n) is 7.91. The molecule has 0 spiro atoms. The first-order chi connectivity index (χ1) is 22.2. The molecule has 6 heteroatoms. The van der Waals surface area contributed by atoms with Crippen molar-refractivity contribution >= 4 is 0 Å². The van der Waals surface area contributed by atoms with Gasteiger partial charge in [-0.2, -0.15) is 0 Å². The van der Waals surface area contributed by atoms with Gasteiger partial charge >= 0.3 is 0 Å². The van der Waals surface area contributed by atoms with E-state index in [2.05, 4.69) is 36.4 Å². The Morgan fingerprint density at radius 1 is 0.556 bits per heavy atom. The zero-order valence-corrected chi connectivity index (χ0v) is 25.5. The molecule has 1 aromatic heterocycles. The lowest BCUT2D eigenvalue weighted by atomic mass is 10.00. The highest BCUT2D eigenvalue weighted by Gasteiger charge is 2.47. The van der Waals surface area contributed by atoms with Gasteiger partial charge < -0.3 is 23.7 Å². The van der Waals surface area contributed by atoms with E-state index in [-0.39, 0.29) is 12.2 Å². The van der Waals surface area contributed by atoms with E-state index in [9.17, 15) is 0 Å². The van der Waals surface area contributed by atoms with Crippen LogP contribution in [0.15, 0.2) is 133 Å². The van der Waals surface area contributed by atoms with E-state index in [0.717, 1.165) is 33.5 Å². The van der Waals surface area contributed by atoms with Crippen molar-refractivity contribution in [1.29, 1.82) is 0 Å². The first-order valence-corrected chi connectivity index (χ1v) is 15.5. The maximum absolute atomic E-state index is 6.78. The average molecular weight is 602 g/mol. The molecule has 0 amide bonds. The zero-order valence-electron chi connectivity index (χ0n) is 25.5. The Labute approximate surface area is 265 Å². The molecular weight excluding hydrogens is 562 g/mol. The Morgan fingerprint density at radius 2 is 1.04 bits per heavy atom. The molecule has 6 nitrogen and oxygen atoms in total. The fourth-order valence-corrected chi connectivity index (χ4v) is 5.56. The van der Waals surface area contributed by atoms with Crippen LogP contribution in [0.5, 0.6) is 5.88 Å². The van der Waals surface area contributed by atoms with Gasteiger partial charge in [-0.3, -0.25) is 0 Å². The summed E-state index contributed by atoms with van der Waals surface area (Å²) < 4.78 is 32.3. The summed E-state index contributed by atoms with van der Waals surface area (Å²) in [7, 11) is 0. The van der Waals surface area contributed by atoms with Crippen LogP contribution in [0.4, 0.5) is 0 Å². The predicted octanol–water partition coefficient (Wildman–Crippen LogP) is 7.80. The maximum Gasteiger partial charge on any atom is 0.213 e. The number of pyridine rings is 1. The summed E-state index contributed by atoms with van der Waals surface area (Å²) in [5.41, 5.74) is 6.14. The molecule has 230 valence electrons. The summed E-state index contributed by atoms with van der Waals surface area (Å²) in [6.45, 7) is 4.15. The first kappa shape index (κ1) is 30.7. The number of aryl methyl sites for hydroxylation is 1. The summed E-state index contributed by atoms with van der Waals surface area (Å²) in [6.07, 6.45) is -1.52. The van der Waals surface area contributed by atoms with Gasteiger partial charge in [-0.1, -0.05) is 121 Å². The second-order valence-electron chi connectivity index (χ2n) is 11.2. The molecule has 1 aliphatic heterocycles. The summed E-state index contributed by atoms with van der Waals surface area (Å²) in [6, 6.07) is 44.5. The van der Waals surface area contributed by atoms with E-state index < -0.39 is 12.2 Å². The van der Waals surface area contributed by atoms with E-state index in [4.69, 9.17) is 28.7 Å². The molecule has 0 aliphatic carbocycles. The van der Waals surface area contributed by atoms with Gasteiger partial charge in [0.1, 0.15) is 31.0 Å². The third kappa shape index (κ3) is 8.44. The average Bonchev–Trinajstić information content (AvgIpc) is 3.43. The topological polar surface area (TPSA) is 59.0 Å². The van der Waals surface area contributed by atoms with Crippen LogP contribution in [-0.2, 0) is 45.4 Å². The van der Waals surface area contributed by atoms with Crippen LogP contribution in [0.1, 0.15) is 39.6 Å². The third-order valence-corrected chi connectivity index (χ3v) is 7.91. The molecule has 4 aromatic carbocycles. The van der Waals surface area contributed by atoms with Crippen molar-refractivity contribution in [3.05, 3.63) is 167 Å². The fraction of sp³-hybridized carbons (Fsp3) is 0.256. The molecule has 1 aliphatic rings. The number of hydrogen-bond donors (Lipinski definition) is 0. The van der Waals surface area contributed by atoms with Crippen LogP contribution in [0.3, 0.4) is 0 Å². The standard InChI is InChI=1S/C39H39NO5/c1-29-34(22-23-36(40-29)42-25-31-16-8-3-9-17-31)37-39(44-27-33-20-12-5-13-21-33)38(43-26-32-18-10-4-11-19-32)35(45-37)28-41-24-30-14-6-2-7-15-30/h2-23,35,37-39H,24-28H2,1H3/t35-,37+,38+,39-/m1/s1. The fourth-order valence-electron chi connectivity index (χ4n) is 5.56. The van der Waals surface area contributed by atoms with Crippen molar-refractivity contribution < 1.29 is 23.7 Å². The Morgan fingerprint density at radius 3 is 1.58 bits per heavy atom. The van der Waals surface area contributed by atoms with Crippen molar-refractivity contribution in [2.24, 2.45) is 0 Å². The van der Waals surface area contributed by atoms with E-state index in [1.54, 1.807) is 0 Å². The lowest BCUT2D eigenvalue weighted by Crippen LogP contribution is -2.38. The number of benzene rings is 4. The second kappa shape index (κ2) is 15.6. The Bertz CT molecular complexity index is 1580. The highest BCUT2D eigenvalue weighted by atomic mass is 16.6. The normalized spacial score (nSPS) is 19.4. The molecule has 1 fully saturated rings. The van der Waals surface area contributed by atoms with Crippen molar-refractivity contribution in [2.75, 3.05) is 6.61 Å². The Hall–Kier alpha value is -4.33. The molecule has 2 heterocycles. The van der Waals surface area contributed by atoms with Gasteiger partial charge in [-0.15, -0.1) is 0 Å². The van der Waals surface area contributed by atoms with Gasteiger partial charge in [0.25, 0.3) is 0 Å². The molecule has 0 unspecified atom stereocenters. The van der Waals surface area contributed by atoms with Crippen molar-refractivity contribution in [1.82, 2.24) is 4.98 Å². The lowest BCUT2D eigenvalue weighted by Gasteiger charge is -2.26. The monoisotopic (exact) mass is 601 g/mol. The number of aromatic nitrogens is 1. The molecule has 4 atom stereocenters. The molecule has 0 radical (unpaired) electrons. The van der Waals surface area contributed by atoms with Crippen LogP contribution in [0.2, 0.25) is 0 Å². The van der Waals surface area contributed by atoms with E-state index in [1.807, 2.05) is 104 Å². The molecule has 0 N–H and O–H groups in total. The predicted molar refractivity (Wildman–Crippen MR) is 173 cm³/mol. The number of ether oxygens (including phenoxy) is 5. The maximum atomic E-state index is 6.78. The van der Waals surface area contributed by atoms with Crippen molar-refractivity contribution in [3.63, 3.8) is 0 Å². The van der Waals surface area contributed by atoms with Crippen LogP contribution >= 0.6 is 0 Å². The molecule has 0 bridgehead atoms. The molecule has 6 rings (SSSR count). The van der Waals surface area contributed by atoms with Gasteiger partial charge in [0, 0.05) is 17.3 Å². The van der Waals surface area contributed by atoms with Gasteiger partial charge in [0.2, 0.25) is 5.88 Å². The molecule has 0 saturated carbocycles. The largest absolute Gasteiger partial charge is 0.473 e. The molecule has 45 heavy (non-hydrogen) atoms. The smallest absolute Gasteiger partial charge is 0.213 e. The van der Waals surface area contributed by atoms with Crippen LogP contribution in [-0.4, -0.2) is 29.9 Å². The van der Waals surface area contributed by atoms with Gasteiger partial charge in [0.05, 0.1) is 26.4 Å². The van der Waals surface area contributed by atoms with E-state index >= 15 is 0 Å². The minimum atomic E-state index is -0.407. The summed E-state index contributed by atoms with van der Waals surface area (Å²) in [5.74, 6) is 0.569. The summed E-state index contributed by atoms with van der Waals surface area (Å²) in [4.78, 5) is 4.80. The first-order valence-electron chi connectivity index (χ1n) is 15.5. The highest BCUT2D eigenvalue weighted by molar-refractivity contribution is 5.30. The quantitative estimate of drug-likeness (QED) is 0.129. The minimum Gasteiger partial charge on any atom is -0.473 e. The van der Waals surface area contributed by atoms with E-state index in [1.165, 1.54) is 0 Å². The van der Waals surface area contributed by atoms with Crippen LogP contribution in [0.25, 0.3) is 0 Å². The number of rotatable bonds is 14. The minimum absolute atomic E-state index is 0.350. The number of nitrogens with zero attached hydrogens (tertiary/aromatic N) is 1. The highest BCUT2D eigenvalue weighted by Crippen LogP contribution is 2.40.